The Labute approximate surface area is 126 Å². The van der Waals surface area contributed by atoms with E-state index in [0.717, 1.165) is 0 Å². The number of hydrogen-bond donors (Lipinski definition) is 2. The Morgan fingerprint density at radius 3 is 2.38 bits per heavy atom. The predicted octanol–water partition coefficient (Wildman–Crippen LogP) is 3.13. The monoisotopic (exact) mass is 295 g/mol. The average molecular weight is 295 g/mol. The number of rotatable bonds is 6. The van der Waals surface area contributed by atoms with E-state index in [0.29, 0.717) is 24.2 Å². The van der Waals surface area contributed by atoms with Gasteiger partial charge in [0, 0.05) is 18.8 Å². The van der Waals surface area contributed by atoms with Crippen molar-refractivity contribution < 1.29 is 9.18 Å². The summed E-state index contributed by atoms with van der Waals surface area (Å²) in [5, 5.41) is 2.70. The molecule has 0 aliphatic rings. The molecular weight excluding hydrogens is 269 g/mol. The van der Waals surface area contributed by atoms with E-state index in [1.165, 1.54) is 6.07 Å². The molecule has 0 bridgehead atoms. The Morgan fingerprint density at radius 2 is 1.95 bits per heavy atom. The van der Waals surface area contributed by atoms with Crippen LogP contribution in [0.25, 0.3) is 0 Å². The third-order valence-corrected chi connectivity index (χ3v) is 4.07. The first kappa shape index (κ1) is 17.4. The molecule has 21 heavy (non-hydrogen) atoms. The van der Waals surface area contributed by atoms with Crippen LogP contribution in [0.4, 0.5) is 15.8 Å². The van der Waals surface area contributed by atoms with Crippen LogP contribution in [-0.2, 0) is 4.79 Å². The lowest BCUT2D eigenvalue weighted by molar-refractivity contribution is -0.121. The molecule has 0 aliphatic heterocycles. The number of benzene rings is 1. The van der Waals surface area contributed by atoms with Crippen LogP contribution in [0.3, 0.4) is 0 Å². The summed E-state index contributed by atoms with van der Waals surface area (Å²) in [7, 11) is 1.83. The van der Waals surface area contributed by atoms with Gasteiger partial charge in [0.15, 0.2) is 0 Å². The highest BCUT2D eigenvalue weighted by molar-refractivity contribution is 5.98. The highest BCUT2D eigenvalue weighted by Gasteiger charge is 2.30. The number of hydrogen-bond acceptors (Lipinski definition) is 3. The second-order valence-electron chi connectivity index (χ2n) is 5.69. The molecule has 0 aromatic heterocycles. The van der Waals surface area contributed by atoms with Crippen LogP contribution in [0.2, 0.25) is 0 Å². The van der Waals surface area contributed by atoms with E-state index < -0.39 is 5.54 Å². The van der Waals surface area contributed by atoms with E-state index in [-0.39, 0.29) is 17.8 Å². The predicted molar refractivity (Wildman–Crippen MR) is 86.1 cm³/mol. The Hall–Kier alpha value is -1.62. The van der Waals surface area contributed by atoms with E-state index in [1.54, 1.807) is 12.1 Å². The first-order valence-corrected chi connectivity index (χ1v) is 7.37. The number of carbonyl (C=O) groups excluding carboxylic acids is 1. The second kappa shape index (κ2) is 6.89. The summed E-state index contributed by atoms with van der Waals surface area (Å²) in [5.74, 6) is -0.642. The molecule has 1 aromatic rings. The number of amides is 1. The fraction of sp³-hybridized carbons (Fsp3) is 0.562. The zero-order chi connectivity index (χ0) is 16.2. The Balaban J connectivity index is 2.93. The van der Waals surface area contributed by atoms with Crippen LogP contribution in [0, 0.1) is 5.82 Å². The molecule has 0 spiro atoms. The number of anilines is 2. The molecule has 1 amide bonds. The maximum atomic E-state index is 14.1. The topological polar surface area (TPSA) is 58.4 Å². The Kier molecular flexibility index (Phi) is 5.72. The normalized spacial score (nSPS) is 11.6. The minimum Gasteiger partial charge on any atom is -0.370 e. The summed E-state index contributed by atoms with van der Waals surface area (Å²) in [6, 6.07) is 4.89. The van der Waals surface area contributed by atoms with E-state index >= 15 is 0 Å². The van der Waals surface area contributed by atoms with Gasteiger partial charge in [0.25, 0.3) is 0 Å². The van der Waals surface area contributed by atoms with Crippen molar-refractivity contribution in [2.45, 2.75) is 52.1 Å². The number of nitrogens with zero attached hydrogens (tertiary/aromatic N) is 1. The second-order valence-corrected chi connectivity index (χ2v) is 5.69. The highest BCUT2D eigenvalue weighted by atomic mass is 19.1. The molecule has 0 radical (unpaired) electrons. The molecule has 3 N–H and O–H groups in total. The Morgan fingerprint density at radius 1 is 1.38 bits per heavy atom. The molecule has 0 fully saturated rings. The third kappa shape index (κ3) is 3.94. The molecule has 0 heterocycles. The standard InChI is InChI=1S/C16H26FN3O/c1-6-16(18,7-2)15(21)19-12-8-9-14(13(17)10-12)20(5)11(3)4/h8-11H,6-7,18H2,1-5H3,(H,19,21). The average Bonchev–Trinajstić information content (AvgIpc) is 2.45. The molecular formula is C16H26FN3O. The van der Waals surface area contributed by atoms with Gasteiger partial charge in [0.2, 0.25) is 5.91 Å². The molecule has 0 aliphatic carbocycles. The van der Waals surface area contributed by atoms with Crippen LogP contribution in [0.15, 0.2) is 18.2 Å². The molecule has 0 atom stereocenters. The zero-order valence-corrected chi connectivity index (χ0v) is 13.5. The molecule has 1 aromatic carbocycles. The van der Waals surface area contributed by atoms with Crippen LogP contribution in [-0.4, -0.2) is 24.5 Å². The van der Waals surface area contributed by atoms with Gasteiger partial charge in [-0.1, -0.05) is 13.8 Å². The number of carbonyl (C=O) groups is 1. The molecule has 1 rings (SSSR count). The van der Waals surface area contributed by atoms with Gasteiger partial charge in [-0.05, 0) is 44.9 Å². The van der Waals surface area contributed by atoms with Crippen LogP contribution >= 0.6 is 0 Å². The molecule has 0 unspecified atom stereocenters. The van der Waals surface area contributed by atoms with Gasteiger partial charge in [-0.3, -0.25) is 4.79 Å². The van der Waals surface area contributed by atoms with Crippen molar-refractivity contribution in [3.63, 3.8) is 0 Å². The quantitative estimate of drug-likeness (QED) is 0.847. The van der Waals surface area contributed by atoms with Crippen molar-refractivity contribution in [2.75, 3.05) is 17.3 Å². The van der Waals surface area contributed by atoms with Gasteiger partial charge in [-0.25, -0.2) is 4.39 Å². The number of nitrogens with two attached hydrogens (primary N) is 1. The van der Waals surface area contributed by atoms with Crippen molar-refractivity contribution in [1.29, 1.82) is 0 Å². The SMILES string of the molecule is CCC(N)(CC)C(=O)Nc1ccc(N(C)C(C)C)c(F)c1. The van der Waals surface area contributed by atoms with Crippen molar-refractivity contribution in [3.05, 3.63) is 24.0 Å². The van der Waals surface area contributed by atoms with Crippen LogP contribution < -0.4 is 16.0 Å². The molecule has 4 nitrogen and oxygen atoms in total. The minimum atomic E-state index is -0.913. The molecule has 118 valence electrons. The van der Waals surface area contributed by atoms with Gasteiger partial charge in [-0.15, -0.1) is 0 Å². The van der Waals surface area contributed by atoms with E-state index in [2.05, 4.69) is 5.32 Å². The van der Waals surface area contributed by atoms with Crippen molar-refractivity contribution in [3.8, 4) is 0 Å². The summed E-state index contributed by atoms with van der Waals surface area (Å²) in [6.07, 6.45) is 1.07. The van der Waals surface area contributed by atoms with Crippen molar-refractivity contribution >= 4 is 17.3 Å². The minimum absolute atomic E-state index is 0.191. The van der Waals surface area contributed by atoms with Gasteiger partial charge in [-0.2, -0.15) is 0 Å². The first-order chi connectivity index (χ1) is 9.75. The third-order valence-electron chi connectivity index (χ3n) is 4.07. The van der Waals surface area contributed by atoms with Crippen molar-refractivity contribution in [1.82, 2.24) is 0 Å². The van der Waals surface area contributed by atoms with Gasteiger partial charge < -0.3 is 16.0 Å². The Bertz CT molecular complexity index is 498. The van der Waals surface area contributed by atoms with Gasteiger partial charge >= 0.3 is 0 Å². The van der Waals surface area contributed by atoms with Crippen LogP contribution in [0.5, 0.6) is 0 Å². The lowest BCUT2D eigenvalue weighted by Crippen LogP contribution is -2.50. The maximum absolute atomic E-state index is 14.1. The lowest BCUT2D eigenvalue weighted by atomic mass is 9.93. The maximum Gasteiger partial charge on any atom is 0.244 e. The van der Waals surface area contributed by atoms with E-state index in [1.807, 2.05) is 39.6 Å². The van der Waals surface area contributed by atoms with Crippen LogP contribution in [0.1, 0.15) is 40.5 Å². The zero-order valence-electron chi connectivity index (χ0n) is 13.5. The smallest absolute Gasteiger partial charge is 0.244 e. The summed E-state index contributed by atoms with van der Waals surface area (Å²) < 4.78 is 14.1. The lowest BCUT2D eigenvalue weighted by Gasteiger charge is -2.26. The van der Waals surface area contributed by atoms with E-state index in [4.69, 9.17) is 5.73 Å². The summed E-state index contributed by atoms with van der Waals surface area (Å²) >= 11 is 0. The fourth-order valence-corrected chi connectivity index (χ4v) is 1.98. The fourth-order valence-electron chi connectivity index (χ4n) is 1.98. The van der Waals surface area contributed by atoms with Gasteiger partial charge in [0.1, 0.15) is 5.82 Å². The molecule has 0 saturated heterocycles. The largest absolute Gasteiger partial charge is 0.370 e. The summed E-state index contributed by atoms with van der Waals surface area (Å²) in [6.45, 7) is 7.70. The highest BCUT2D eigenvalue weighted by Crippen LogP contribution is 2.24. The first-order valence-electron chi connectivity index (χ1n) is 7.37. The van der Waals surface area contributed by atoms with Crippen molar-refractivity contribution in [2.24, 2.45) is 5.73 Å². The summed E-state index contributed by atoms with van der Waals surface area (Å²) in [4.78, 5) is 14.0. The number of nitrogens with one attached hydrogen (secondary N) is 1. The van der Waals surface area contributed by atoms with E-state index in [9.17, 15) is 9.18 Å². The number of halogens is 1. The molecule has 5 heteroatoms. The van der Waals surface area contributed by atoms with Gasteiger partial charge in [0.05, 0.1) is 11.2 Å². The summed E-state index contributed by atoms with van der Waals surface area (Å²) in [5.41, 5.74) is 6.05. The molecule has 0 saturated carbocycles.